The van der Waals surface area contributed by atoms with Gasteiger partial charge in [0.05, 0.1) is 13.2 Å². The summed E-state index contributed by atoms with van der Waals surface area (Å²) in [7, 11) is 1.22. The van der Waals surface area contributed by atoms with E-state index in [0.717, 1.165) is 0 Å². The Bertz CT molecular complexity index is 605. The maximum absolute atomic E-state index is 11.9. The lowest BCUT2D eigenvalue weighted by Gasteiger charge is -2.23. The Hall–Kier alpha value is -2.78. The van der Waals surface area contributed by atoms with Crippen LogP contribution in [0, 0.1) is 0 Å². The van der Waals surface area contributed by atoms with Crippen LogP contribution in [-0.2, 0) is 28.5 Å². The van der Waals surface area contributed by atoms with Crippen LogP contribution >= 0.6 is 0 Å². The lowest BCUT2D eigenvalue weighted by atomic mass is 10.1. The second kappa shape index (κ2) is 12.7. The van der Waals surface area contributed by atoms with Crippen LogP contribution in [0.25, 0.3) is 0 Å². The van der Waals surface area contributed by atoms with Crippen molar-refractivity contribution in [1.82, 2.24) is 10.6 Å². The van der Waals surface area contributed by atoms with E-state index in [9.17, 15) is 19.2 Å². The Balaban J connectivity index is 4.86. The zero-order valence-electron chi connectivity index (χ0n) is 18.8. The minimum atomic E-state index is -0.940. The molecule has 0 aromatic carbocycles. The van der Waals surface area contributed by atoms with Gasteiger partial charge in [-0.15, -0.1) is 0 Å². The number of ether oxygens (including phenoxy) is 4. The molecule has 0 aromatic rings. The summed E-state index contributed by atoms with van der Waals surface area (Å²) >= 11 is 0. The maximum atomic E-state index is 11.9. The van der Waals surface area contributed by atoms with Gasteiger partial charge in [0.2, 0.25) is 0 Å². The third-order valence-electron chi connectivity index (χ3n) is 3.22. The zero-order valence-corrected chi connectivity index (χ0v) is 18.8. The standard InChI is InChI=1S/C20H34N2O8/c1-19(2,3)29-17(25)21-14(12-28-13-23)10-8-9-11-15(16(24)27-7)22-18(26)30-20(4,5)6/h8-9,13-15H,10-12H2,1-7H3,(H,21,25)(H,22,26)/b9-8+/t14-,15-/m0/s1. The Morgan fingerprint density at radius 1 is 0.867 bits per heavy atom. The van der Waals surface area contributed by atoms with E-state index < -0.39 is 41.4 Å². The smallest absolute Gasteiger partial charge is 0.408 e. The topological polar surface area (TPSA) is 129 Å². The number of carbonyl (C=O) groups excluding carboxylic acids is 4. The molecule has 2 atom stereocenters. The summed E-state index contributed by atoms with van der Waals surface area (Å²) < 4.78 is 19.7. The highest BCUT2D eigenvalue weighted by molar-refractivity contribution is 5.81. The predicted octanol–water partition coefficient (Wildman–Crippen LogP) is 2.46. The molecule has 2 N–H and O–H groups in total. The number of hydrogen-bond donors (Lipinski definition) is 2. The average Bonchev–Trinajstić information content (AvgIpc) is 2.57. The molecule has 0 aromatic heterocycles. The van der Waals surface area contributed by atoms with Crippen LogP contribution in [0.4, 0.5) is 9.59 Å². The minimum absolute atomic E-state index is 0.0519. The molecule has 0 aliphatic rings. The number of nitrogens with one attached hydrogen (secondary N) is 2. The van der Waals surface area contributed by atoms with E-state index in [-0.39, 0.29) is 19.5 Å². The summed E-state index contributed by atoms with van der Waals surface area (Å²) in [6.45, 7) is 10.5. The van der Waals surface area contributed by atoms with Crippen molar-refractivity contribution in [3.63, 3.8) is 0 Å². The molecule has 0 unspecified atom stereocenters. The van der Waals surface area contributed by atoms with Gasteiger partial charge >= 0.3 is 18.2 Å². The third kappa shape index (κ3) is 14.3. The molecule has 0 spiro atoms. The zero-order chi connectivity index (χ0) is 23.4. The van der Waals surface area contributed by atoms with E-state index in [4.69, 9.17) is 18.9 Å². The number of methoxy groups -OCH3 is 1. The van der Waals surface area contributed by atoms with Gasteiger partial charge in [0.1, 0.15) is 23.9 Å². The van der Waals surface area contributed by atoms with Crippen LogP contribution in [0.3, 0.4) is 0 Å². The molecule has 0 fully saturated rings. The van der Waals surface area contributed by atoms with E-state index in [0.29, 0.717) is 6.42 Å². The first-order valence-electron chi connectivity index (χ1n) is 9.54. The fourth-order valence-corrected chi connectivity index (χ4v) is 2.10. The SMILES string of the molecule is COC(=O)[C@H](C/C=C/C[C@@H](COC=O)NC(=O)OC(C)(C)C)NC(=O)OC(C)(C)C. The van der Waals surface area contributed by atoms with Crippen LogP contribution in [-0.4, -0.2) is 61.6 Å². The second-order valence-corrected chi connectivity index (χ2v) is 8.44. The van der Waals surface area contributed by atoms with E-state index in [2.05, 4.69) is 10.6 Å². The highest BCUT2D eigenvalue weighted by Crippen LogP contribution is 2.09. The summed E-state index contributed by atoms with van der Waals surface area (Å²) in [5, 5.41) is 5.07. The fraction of sp³-hybridized carbons (Fsp3) is 0.700. The van der Waals surface area contributed by atoms with Crippen LogP contribution in [0.5, 0.6) is 0 Å². The molecule has 0 aliphatic heterocycles. The Kier molecular flexibility index (Phi) is 11.5. The average molecular weight is 430 g/mol. The molecule has 0 aliphatic carbocycles. The van der Waals surface area contributed by atoms with Crippen LogP contribution in [0.15, 0.2) is 12.2 Å². The van der Waals surface area contributed by atoms with E-state index >= 15 is 0 Å². The van der Waals surface area contributed by atoms with Crippen molar-refractivity contribution in [2.75, 3.05) is 13.7 Å². The van der Waals surface area contributed by atoms with Crippen LogP contribution in [0.1, 0.15) is 54.4 Å². The van der Waals surface area contributed by atoms with Gasteiger partial charge in [-0.1, -0.05) is 12.2 Å². The normalized spacial score (nSPS) is 13.7. The molecule has 0 saturated heterocycles. The molecule has 172 valence electrons. The van der Waals surface area contributed by atoms with Crippen molar-refractivity contribution >= 4 is 24.6 Å². The molecular formula is C20H34N2O8. The van der Waals surface area contributed by atoms with Gasteiger partial charge in [-0.05, 0) is 54.4 Å². The molecule has 0 saturated carbocycles. The lowest BCUT2D eigenvalue weighted by molar-refractivity contribution is -0.143. The minimum Gasteiger partial charge on any atom is -0.467 e. The predicted molar refractivity (Wildman–Crippen MR) is 109 cm³/mol. The number of esters is 1. The molecular weight excluding hydrogens is 396 g/mol. The third-order valence-corrected chi connectivity index (χ3v) is 3.22. The summed E-state index contributed by atoms with van der Waals surface area (Å²) in [5.41, 5.74) is -1.38. The Labute approximate surface area is 177 Å². The molecule has 10 nitrogen and oxygen atoms in total. The number of hydrogen-bond acceptors (Lipinski definition) is 8. The molecule has 0 radical (unpaired) electrons. The maximum Gasteiger partial charge on any atom is 0.408 e. The first-order valence-corrected chi connectivity index (χ1v) is 9.54. The second-order valence-electron chi connectivity index (χ2n) is 8.44. The molecule has 30 heavy (non-hydrogen) atoms. The molecule has 2 amide bonds. The van der Waals surface area contributed by atoms with Crippen LogP contribution < -0.4 is 10.6 Å². The number of carbonyl (C=O) groups is 4. The molecule has 0 bridgehead atoms. The van der Waals surface area contributed by atoms with Crippen molar-refractivity contribution in [3.8, 4) is 0 Å². The monoisotopic (exact) mass is 430 g/mol. The van der Waals surface area contributed by atoms with E-state index in [1.807, 2.05) is 0 Å². The van der Waals surface area contributed by atoms with Crippen molar-refractivity contribution in [2.45, 2.75) is 77.7 Å². The number of amides is 2. The largest absolute Gasteiger partial charge is 0.467 e. The van der Waals surface area contributed by atoms with Crippen LogP contribution in [0.2, 0.25) is 0 Å². The highest BCUT2D eigenvalue weighted by Gasteiger charge is 2.24. The summed E-state index contributed by atoms with van der Waals surface area (Å²) in [5.74, 6) is -0.627. The highest BCUT2D eigenvalue weighted by atomic mass is 16.6. The molecule has 0 heterocycles. The number of alkyl carbamates (subject to hydrolysis) is 2. The summed E-state index contributed by atoms with van der Waals surface area (Å²) in [4.78, 5) is 46.2. The Morgan fingerprint density at radius 2 is 1.37 bits per heavy atom. The van der Waals surface area contributed by atoms with Crippen molar-refractivity contribution in [3.05, 3.63) is 12.2 Å². The van der Waals surface area contributed by atoms with E-state index in [1.165, 1.54) is 7.11 Å². The van der Waals surface area contributed by atoms with Gasteiger partial charge in [0.25, 0.3) is 6.47 Å². The first kappa shape index (κ1) is 27.2. The van der Waals surface area contributed by atoms with Gasteiger partial charge in [0, 0.05) is 0 Å². The quantitative estimate of drug-likeness (QED) is 0.234. The summed E-state index contributed by atoms with van der Waals surface area (Å²) in [6.07, 6.45) is 2.38. The van der Waals surface area contributed by atoms with Gasteiger partial charge < -0.3 is 29.6 Å². The summed E-state index contributed by atoms with van der Waals surface area (Å²) in [6, 6.07) is -1.47. The van der Waals surface area contributed by atoms with E-state index in [1.54, 1.807) is 53.7 Å². The molecule has 0 rings (SSSR count). The van der Waals surface area contributed by atoms with Gasteiger partial charge in [0.15, 0.2) is 0 Å². The van der Waals surface area contributed by atoms with Crippen molar-refractivity contribution < 1.29 is 38.1 Å². The first-order chi connectivity index (χ1) is 13.8. The van der Waals surface area contributed by atoms with Gasteiger partial charge in [-0.2, -0.15) is 0 Å². The van der Waals surface area contributed by atoms with Crippen molar-refractivity contribution in [1.29, 1.82) is 0 Å². The Morgan fingerprint density at radius 3 is 1.83 bits per heavy atom. The van der Waals surface area contributed by atoms with Crippen molar-refractivity contribution in [2.24, 2.45) is 0 Å². The van der Waals surface area contributed by atoms with Gasteiger partial charge in [-0.3, -0.25) is 4.79 Å². The lowest BCUT2D eigenvalue weighted by Crippen LogP contribution is -2.43. The van der Waals surface area contributed by atoms with Gasteiger partial charge in [-0.25, -0.2) is 14.4 Å². The number of rotatable bonds is 10. The fourth-order valence-electron chi connectivity index (χ4n) is 2.10. The molecule has 10 heteroatoms.